The van der Waals surface area contributed by atoms with Crippen molar-refractivity contribution in [2.45, 2.75) is 212 Å². The van der Waals surface area contributed by atoms with Crippen molar-refractivity contribution >= 4 is 69.4 Å². The molecule has 7 N–H and O–H groups in total. The molecule has 123 heavy (non-hydrogen) atoms. The van der Waals surface area contributed by atoms with Gasteiger partial charge in [-0.2, -0.15) is 10.1 Å². The molecule has 1 aliphatic carbocycles. The highest BCUT2D eigenvalue weighted by Crippen LogP contribution is 2.39. The van der Waals surface area contributed by atoms with Gasteiger partial charge in [0.2, 0.25) is 11.7 Å². The number of piperidine rings is 1. The number of piperazine rings is 1. The first-order chi connectivity index (χ1) is 59.4. The van der Waals surface area contributed by atoms with Gasteiger partial charge in [-0.05, 0) is 155 Å². The third-order valence-corrected chi connectivity index (χ3v) is 24.8. The van der Waals surface area contributed by atoms with Crippen LogP contribution in [0, 0.1) is 29.6 Å². The predicted molar refractivity (Wildman–Crippen MR) is 459 cm³/mol. The lowest BCUT2D eigenvalue weighted by Gasteiger charge is -2.40. The summed E-state index contributed by atoms with van der Waals surface area (Å²) in [6.45, 7) is 21.0. The number of esters is 1. The molecular formula is C91H131N11O21. The molecule has 3 saturated heterocycles. The SMILES string of the molecule is CO[C@H]1C[C@@H]2CCC[C@@](O)(O2)C(=O)C(=O)N2CCCC[C@H]2C(=O)O[C@H]([C@H](C)C[C@H]2CC[C@H](OC(=O)N3CCN(CCOCCOCCOCCOCCOCCOCCC(=O)N4CCc5cc(Cn6nc(-c7ccc8oc(N)nc8c7)c7c(N)ncnc76)ccc5C4)CC3)CC2)C[C@@H](O)[C@H](C)/C=C(\C)[C@@H](O)[C@@H](OC)C(=O)[C@H](C)C[C@H](C)/C=C/C=C/C=C/1C. The summed E-state index contributed by atoms with van der Waals surface area (Å²) in [5, 5.41) is 41.2. The summed E-state index contributed by atoms with van der Waals surface area (Å²) in [7, 11) is 2.97. The highest BCUT2D eigenvalue weighted by Gasteiger charge is 2.50. The fourth-order valence-corrected chi connectivity index (χ4v) is 17.5. The van der Waals surface area contributed by atoms with Crippen LogP contribution in [0.5, 0.6) is 0 Å². The number of cyclic esters (lactones) is 1. The number of anilines is 2. The largest absolute Gasteiger partial charge is 0.460 e. The molecule has 0 radical (unpaired) electrons. The lowest BCUT2D eigenvalue weighted by Crippen LogP contribution is -2.58. The molecule has 12 atom stereocenters. The molecule has 32 nitrogen and oxygen atoms in total. The van der Waals surface area contributed by atoms with Gasteiger partial charge < -0.3 is 98.0 Å². The van der Waals surface area contributed by atoms with E-state index in [9.17, 15) is 44.1 Å². The number of carbonyl (C=O) groups excluding carboxylic acids is 6. The van der Waals surface area contributed by atoms with Crippen molar-refractivity contribution in [1.82, 2.24) is 44.3 Å². The average Bonchev–Trinajstić information content (AvgIpc) is 1.64. The number of nitrogens with two attached hydrogens (primary N) is 2. The van der Waals surface area contributed by atoms with Crippen molar-refractivity contribution in [1.29, 1.82) is 0 Å². The second-order valence-corrected chi connectivity index (χ2v) is 33.9. The number of aliphatic hydroxyl groups excluding tert-OH is 2. The van der Waals surface area contributed by atoms with Gasteiger partial charge >= 0.3 is 12.1 Å². The third-order valence-electron chi connectivity index (χ3n) is 24.8. The van der Waals surface area contributed by atoms with Gasteiger partial charge in [0.25, 0.3) is 17.7 Å². The number of aromatic nitrogens is 5. The van der Waals surface area contributed by atoms with Crippen molar-refractivity contribution in [3.05, 3.63) is 107 Å². The predicted octanol–water partition coefficient (Wildman–Crippen LogP) is 9.10. The number of benzene rings is 2. The van der Waals surface area contributed by atoms with E-state index in [0.717, 1.165) is 41.5 Å². The summed E-state index contributed by atoms with van der Waals surface area (Å²) in [6, 6.07) is 10.8. The highest BCUT2D eigenvalue weighted by atomic mass is 16.6. The van der Waals surface area contributed by atoms with E-state index in [1.165, 1.54) is 23.9 Å². The maximum Gasteiger partial charge on any atom is 0.410 e. The fraction of sp³-hybridized carbons (Fsp3) is 0.648. The van der Waals surface area contributed by atoms with Crippen LogP contribution in [0.1, 0.15) is 155 Å². The lowest BCUT2D eigenvalue weighted by molar-refractivity contribution is -0.245. The zero-order valence-corrected chi connectivity index (χ0v) is 73.0. The Balaban J connectivity index is 0.528. The fourth-order valence-electron chi connectivity index (χ4n) is 17.5. The molecule has 2 aromatic carbocycles. The molecule has 0 spiro atoms. The Morgan fingerprint density at radius 2 is 1.41 bits per heavy atom. The second kappa shape index (κ2) is 47.2. The van der Waals surface area contributed by atoms with Crippen LogP contribution in [0.3, 0.4) is 0 Å². The number of carbonyl (C=O) groups is 6. The van der Waals surface area contributed by atoms with Crippen molar-refractivity contribution in [2.24, 2.45) is 29.6 Å². The van der Waals surface area contributed by atoms with E-state index in [1.54, 1.807) is 38.0 Å². The van der Waals surface area contributed by atoms with Crippen LogP contribution in [-0.2, 0) is 95.6 Å². The first-order valence-electron chi connectivity index (χ1n) is 44.1. The van der Waals surface area contributed by atoms with Crippen molar-refractivity contribution in [3.63, 3.8) is 0 Å². The number of fused-ring (bicyclic) bond motifs is 6. The Morgan fingerprint density at radius 3 is 2.11 bits per heavy atom. The van der Waals surface area contributed by atoms with Crippen LogP contribution in [0.4, 0.5) is 16.6 Å². The van der Waals surface area contributed by atoms with Gasteiger partial charge in [-0.1, -0.05) is 82.4 Å². The van der Waals surface area contributed by atoms with Crippen molar-refractivity contribution in [2.75, 3.05) is 151 Å². The van der Waals surface area contributed by atoms with Crippen molar-refractivity contribution in [3.8, 4) is 11.3 Å². The standard InChI is InChI=1S/C91H131N11O21/c1-59-15-10-9-11-16-60(2)76(112-7)54-71-17-14-29-91(111,123-71)84(107)87(108)101-30-13-12-18-73(101)88(109)121-77(55-74(103)61(3)50-64(6)82(106)83(113-8)81(105)63(5)49-59)62(4)51-65-20-24-70(25-21-65)120-90(110)99-34-32-98(33-35-99)36-38-115-40-42-117-44-46-119-48-47-118-45-43-116-41-39-114-37-28-78(104)100-31-27-67-52-66(19-22-69(67)57-100)56-102-86-79(85(92)94-58-95-86)80(97-102)68-23-26-75-72(53-68)96-89(93)122-75/h9-11,15-16,19,22-23,26,50,52-53,58-59,61-63,65,70-71,73-74,76-77,82-83,103,106,111H,12-14,17-18,20-21,24-25,27-49,51,54-57H2,1-8H3,(H2,93,96)(H2,92,94,95)/b11-9+,15-10+,60-16+,64-50+/t59-,61-,62-,63-,65-,70-,71+,73+,74-,76+,77+,82-,83+,91-/m1/s1. The van der Waals surface area contributed by atoms with Gasteiger partial charge in [-0.15, -0.1) is 0 Å². The van der Waals surface area contributed by atoms with Crippen LogP contribution in [0.15, 0.2) is 94.7 Å². The van der Waals surface area contributed by atoms with E-state index in [0.29, 0.717) is 229 Å². The number of nitrogen functional groups attached to an aromatic ring is 2. The maximum absolute atomic E-state index is 14.7. The zero-order chi connectivity index (χ0) is 87.5. The van der Waals surface area contributed by atoms with E-state index in [4.69, 9.17) is 73.1 Å². The van der Waals surface area contributed by atoms with Crippen LogP contribution < -0.4 is 11.5 Å². The Bertz CT molecular complexity index is 4400. The summed E-state index contributed by atoms with van der Waals surface area (Å²) in [6.07, 6.45) is 14.1. The van der Waals surface area contributed by atoms with Crippen LogP contribution >= 0.6 is 0 Å². The molecular weight excluding hydrogens is 1580 g/mol. The topological polar surface area (TPSA) is 399 Å². The molecule has 2 bridgehead atoms. The Morgan fingerprint density at radius 1 is 0.715 bits per heavy atom. The number of methoxy groups -OCH3 is 2. The van der Waals surface area contributed by atoms with Gasteiger partial charge in [-0.25, -0.2) is 24.2 Å². The monoisotopic (exact) mass is 1710 g/mol. The van der Waals surface area contributed by atoms with E-state index in [2.05, 4.69) is 38.1 Å². The number of amides is 3. The summed E-state index contributed by atoms with van der Waals surface area (Å²) < 4.78 is 71.8. The molecule has 4 fully saturated rings. The van der Waals surface area contributed by atoms with Gasteiger partial charge in [0.1, 0.15) is 53.8 Å². The quantitative estimate of drug-likeness (QED) is 0.0124. The minimum absolute atomic E-state index is 0.00465. The van der Waals surface area contributed by atoms with E-state index in [-0.39, 0.29) is 79.9 Å². The average molecular weight is 1720 g/mol. The zero-order valence-electron chi connectivity index (χ0n) is 73.0. The van der Waals surface area contributed by atoms with E-state index >= 15 is 0 Å². The minimum Gasteiger partial charge on any atom is -0.460 e. The lowest BCUT2D eigenvalue weighted by atomic mass is 9.79. The molecule has 0 unspecified atom stereocenters. The number of Topliss-reactive ketones (excluding diaryl/α,β-unsaturated/α-hetero) is 2. The van der Waals surface area contributed by atoms with Gasteiger partial charge in [0, 0.05) is 103 Å². The first kappa shape index (κ1) is 95.2. The summed E-state index contributed by atoms with van der Waals surface area (Å²) >= 11 is 0. The third kappa shape index (κ3) is 27.0. The number of rotatable bonds is 30. The summed E-state index contributed by atoms with van der Waals surface area (Å²) in [5.74, 6) is -6.34. The first-order valence-corrected chi connectivity index (χ1v) is 44.1. The molecule has 5 aliphatic heterocycles. The maximum atomic E-state index is 14.7. The summed E-state index contributed by atoms with van der Waals surface area (Å²) in [5.41, 5.74) is 20.0. The van der Waals surface area contributed by atoms with E-state index in [1.807, 2.05) is 79.8 Å². The molecule has 676 valence electrons. The number of hydrogen-bond donors (Lipinski definition) is 5. The van der Waals surface area contributed by atoms with Crippen LogP contribution in [0.2, 0.25) is 0 Å². The highest BCUT2D eigenvalue weighted by molar-refractivity contribution is 6.39. The minimum atomic E-state index is -2.41. The summed E-state index contributed by atoms with van der Waals surface area (Å²) in [4.78, 5) is 104. The van der Waals surface area contributed by atoms with Crippen LogP contribution in [0.25, 0.3) is 33.4 Å². The second-order valence-electron chi connectivity index (χ2n) is 33.9. The Kier molecular flexibility index (Phi) is 36.5. The molecule has 11 rings (SSSR count). The molecule has 6 aliphatic rings. The van der Waals surface area contributed by atoms with E-state index < -0.39 is 77.9 Å². The van der Waals surface area contributed by atoms with Gasteiger partial charge in [-0.3, -0.25) is 24.1 Å². The molecule has 8 heterocycles. The molecule has 5 aromatic rings. The number of nitrogens with zero attached hydrogens (tertiary/aromatic N) is 9. The molecule has 1 saturated carbocycles. The van der Waals surface area contributed by atoms with Crippen LogP contribution in [-0.4, -0.2) is 289 Å². The molecule has 3 amide bonds. The number of ether oxygens (including phenoxy) is 11. The number of ketones is 2. The van der Waals surface area contributed by atoms with Crippen molar-refractivity contribution < 1.29 is 101 Å². The molecule has 32 heteroatoms. The van der Waals surface area contributed by atoms with Gasteiger partial charge in [0.05, 0.1) is 116 Å². The number of hydrogen-bond acceptors (Lipinski definition) is 28. The number of allylic oxidation sites excluding steroid dienone is 5. The molecule has 3 aromatic heterocycles. The smallest absolute Gasteiger partial charge is 0.410 e. The normalized spacial score (nSPS) is 27.8. The van der Waals surface area contributed by atoms with Gasteiger partial charge in [0.15, 0.2) is 17.0 Å². The number of aliphatic hydroxyl groups is 3. The number of oxazole rings is 1. The Labute approximate surface area is 721 Å². The Hall–Kier alpha value is -8.48.